The molecule has 0 fully saturated rings. The van der Waals surface area contributed by atoms with Crippen molar-refractivity contribution in [3.8, 4) is 5.88 Å². The molecule has 0 amide bonds. The molecule has 1 aromatic heterocycles. The largest absolute Gasteiger partial charge is 0.481 e. The molecule has 1 unspecified atom stereocenters. The Morgan fingerprint density at radius 1 is 1.17 bits per heavy atom. The Kier molecular flexibility index (Phi) is 3.82. The lowest BCUT2D eigenvalue weighted by Crippen LogP contribution is -2.08. The molecule has 0 saturated heterocycles. The third kappa shape index (κ3) is 2.80. The number of rotatable bonds is 4. The highest BCUT2D eigenvalue weighted by Gasteiger charge is 2.07. The monoisotopic (exact) mass is 242 g/mol. The number of methoxy groups -OCH3 is 1. The van der Waals surface area contributed by atoms with Gasteiger partial charge in [-0.05, 0) is 31.0 Å². The zero-order valence-electron chi connectivity index (χ0n) is 11.0. The summed E-state index contributed by atoms with van der Waals surface area (Å²) in [5.41, 5.74) is 3.58. The van der Waals surface area contributed by atoms with Crippen LogP contribution in [0.5, 0.6) is 5.88 Å². The molecule has 1 N–H and O–H groups in total. The normalized spacial score (nSPS) is 11.9. The van der Waals surface area contributed by atoms with Crippen LogP contribution in [0.2, 0.25) is 0 Å². The lowest BCUT2D eigenvalue weighted by atomic mass is 10.0. The third-order valence-electron chi connectivity index (χ3n) is 2.98. The van der Waals surface area contributed by atoms with Crippen molar-refractivity contribution in [3.63, 3.8) is 0 Å². The van der Waals surface area contributed by atoms with E-state index in [-0.39, 0.29) is 6.04 Å². The molecule has 0 aliphatic carbocycles. The van der Waals surface area contributed by atoms with Crippen LogP contribution in [0.15, 0.2) is 42.6 Å². The van der Waals surface area contributed by atoms with Crippen molar-refractivity contribution in [1.82, 2.24) is 4.98 Å². The second-order valence-corrected chi connectivity index (χ2v) is 4.31. The fraction of sp³-hybridized carbons (Fsp3) is 0.267. The van der Waals surface area contributed by atoms with Crippen LogP contribution in [0.1, 0.15) is 24.1 Å². The van der Waals surface area contributed by atoms with Crippen LogP contribution >= 0.6 is 0 Å². The maximum Gasteiger partial charge on any atom is 0.213 e. The van der Waals surface area contributed by atoms with Gasteiger partial charge in [0.1, 0.15) is 0 Å². The van der Waals surface area contributed by atoms with E-state index in [4.69, 9.17) is 4.74 Å². The highest BCUT2D eigenvalue weighted by molar-refractivity contribution is 5.45. The van der Waals surface area contributed by atoms with E-state index in [0.29, 0.717) is 5.88 Å². The van der Waals surface area contributed by atoms with E-state index in [0.717, 1.165) is 5.69 Å². The topological polar surface area (TPSA) is 34.1 Å². The summed E-state index contributed by atoms with van der Waals surface area (Å²) in [6.07, 6.45) is 1.79. The van der Waals surface area contributed by atoms with Crippen molar-refractivity contribution in [2.75, 3.05) is 12.4 Å². The Balaban J connectivity index is 2.11. The van der Waals surface area contributed by atoms with Crippen LogP contribution in [0, 0.1) is 6.92 Å². The maximum absolute atomic E-state index is 5.04. The minimum absolute atomic E-state index is 0.251. The van der Waals surface area contributed by atoms with Crippen molar-refractivity contribution in [3.05, 3.63) is 53.7 Å². The van der Waals surface area contributed by atoms with Gasteiger partial charge in [0.15, 0.2) is 0 Å². The quantitative estimate of drug-likeness (QED) is 0.890. The predicted molar refractivity (Wildman–Crippen MR) is 74.0 cm³/mol. The first-order valence-corrected chi connectivity index (χ1v) is 6.03. The van der Waals surface area contributed by atoms with Gasteiger partial charge in [0, 0.05) is 12.1 Å². The molecule has 0 bridgehead atoms. The van der Waals surface area contributed by atoms with E-state index in [1.807, 2.05) is 12.1 Å². The number of anilines is 1. The lowest BCUT2D eigenvalue weighted by Gasteiger charge is -2.17. The molecule has 2 aromatic rings. The van der Waals surface area contributed by atoms with Gasteiger partial charge >= 0.3 is 0 Å². The molecule has 0 radical (unpaired) electrons. The van der Waals surface area contributed by atoms with Gasteiger partial charge in [-0.2, -0.15) is 0 Å². The number of hydrogen-bond acceptors (Lipinski definition) is 3. The summed E-state index contributed by atoms with van der Waals surface area (Å²) >= 11 is 0. The number of pyridine rings is 1. The molecule has 0 spiro atoms. The number of aromatic nitrogens is 1. The molecular weight excluding hydrogens is 224 g/mol. The average Bonchev–Trinajstić information content (AvgIpc) is 2.40. The first kappa shape index (κ1) is 12.4. The Labute approximate surface area is 108 Å². The summed E-state index contributed by atoms with van der Waals surface area (Å²) < 4.78 is 5.04. The van der Waals surface area contributed by atoms with Crippen LogP contribution in [-0.2, 0) is 0 Å². The van der Waals surface area contributed by atoms with Crippen molar-refractivity contribution in [2.24, 2.45) is 0 Å². The van der Waals surface area contributed by atoms with E-state index < -0.39 is 0 Å². The summed E-state index contributed by atoms with van der Waals surface area (Å²) in [5.74, 6) is 0.629. The van der Waals surface area contributed by atoms with Gasteiger partial charge in [0.2, 0.25) is 5.88 Å². The van der Waals surface area contributed by atoms with E-state index in [2.05, 4.69) is 48.4 Å². The first-order valence-electron chi connectivity index (χ1n) is 6.03. The highest BCUT2D eigenvalue weighted by atomic mass is 16.5. The van der Waals surface area contributed by atoms with Gasteiger partial charge in [-0.25, -0.2) is 4.98 Å². The Morgan fingerprint density at radius 2 is 1.94 bits per heavy atom. The molecular formula is C15H18N2O. The molecule has 18 heavy (non-hydrogen) atoms. The van der Waals surface area contributed by atoms with Gasteiger partial charge in [0.25, 0.3) is 0 Å². The van der Waals surface area contributed by atoms with Crippen molar-refractivity contribution >= 4 is 5.69 Å². The molecule has 0 aliphatic heterocycles. The number of nitrogens with zero attached hydrogens (tertiary/aromatic N) is 1. The standard InChI is InChI=1S/C15H18N2O/c1-11-6-4-5-7-14(11)12(2)17-13-8-9-15(18-3)16-10-13/h4-10,12,17H,1-3H3. The van der Waals surface area contributed by atoms with Gasteiger partial charge in [0.05, 0.1) is 19.0 Å². The smallest absolute Gasteiger partial charge is 0.213 e. The summed E-state index contributed by atoms with van der Waals surface area (Å²) in [6, 6.07) is 12.5. The second-order valence-electron chi connectivity index (χ2n) is 4.31. The molecule has 0 aliphatic rings. The number of hydrogen-bond donors (Lipinski definition) is 1. The Hall–Kier alpha value is -2.03. The molecule has 2 rings (SSSR count). The molecule has 0 saturated carbocycles. The molecule has 1 aromatic carbocycles. The zero-order chi connectivity index (χ0) is 13.0. The molecule has 94 valence electrons. The van der Waals surface area contributed by atoms with Crippen molar-refractivity contribution < 1.29 is 4.74 Å². The lowest BCUT2D eigenvalue weighted by molar-refractivity contribution is 0.398. The fourth-order valence-corrected chi connectivity index (χ4v) is 1.99. The number of benzene rings is 1. The average molecular weight is 242 g/mol. The SMILES string of the molecule is COc1ccc(NC(C)c2ccccc2C)cn1. The summed E-state index contributed by atoms with van der Waals surface area (Å²) in [7, 11) is 1.62. The first-order chi connectivity index (χ1) is 8.70. The Morgan fingerprint density at radius 3 is 2.56 bits per heavy atom. The second kappa shape index (κ2) is 5.54. The van der Waals surface area contributed by atoms with E-state index in [9.17, 15) is 0 Å². The minimum Gasteiger partial charge on any atom is -0.481 e. The van der Waals surface area contributed by atoms with Crippen LogP contribution < -0.4 is 10.1 Å². The Bertz CT molecular complexity index is 508. The third-order valence-corrected chi connectivity index (χ3v) is 2.98. The van der Waals surface area contributed by atoms with Crippen LogP contribution in [0.4, 0.5) is 5.69 Å². The van der Waals surface area contributed by atoms with Crippen LogP contribution in [0.25, 0.3) is 0 Å². The predicted octanol–water partition coefficient (Wildman–Crippen LogP) is 3.57. The molecule has 3 nitrogen and oxygen atoms in total. The number of ether oxygens (including phenoxy) is 1. The van der Waals surface area contributed by atoms with Crippen molar-refractivity contribution in [2.45, 2.75) is 19.9 Å². The number of aryl methyl sites for hydroxylation is 1. The summed E-state index contributed by atoms with van der Waals surface area (Å²) in [4.78, 5) is 4.18. The molecule has 1 atom stereocenters. The van der Waals surface area contributed by atoms with Crippen molar-refractivity contribution in [1.29, 1.82) is 0 Å². The van der Waals surface area contributed by atoms with Gasteiger partial charge in [-0.1, -0.05) is 24.3 Å². The molecule has 1 heterocycles. The maximum atomic E-state index is 5.04. The number of nitrogens with one attached hydrogen (secondary N) is 1. The minimum atomic E-state index is 0.251. The van der Waals surface area contributed by atoms with E-state index >= 15 is 0 Å². The summed E-state index contributed by atoms with van der Waals surface area (Å²) in [5, 5.41) is 3.43. The fourth-order valence-electron chi connectivity index (χ4n) is 1.99. The van der Waals surface area contributed by atoms with Crippen LogP contribution in [0.3, 0.4) is 0 Å². The van der Waals surface area contributed by atoms with Gasteiger partial charge in [-0.15, -0.1) is 0 Å². The highest BCUT2D eigenvalue weighted by Crippen LogP contribution is 2.22. The van der Waals surface area contributed by atoms with Crippen LogP contribution in [-0.4, -0.2) is 12.1 Å². The van der Waals surface area contributed by atoms with Gasteiger partial charge < -0.3 is 10.1 Å². The zero-order valence-corrected chi connectivity index (χ0v) is 11.0. The van der Waals surface area contributed by atoms with E-state index in [1.54, 1.807) is 13.3 Å². The molecule has 3 heteroatoms. The van der Waals surface area contributed by atoms with E-state index in [1.165, 1.54) is 11.1 Å². The summed E-state index contributed by atoms with van der Waals surface area (Å²) in [6.45, 7) is 4.27. The van der Waals surface area contributed by atoms with Gasteiger partial charge in [-0.3, -0.25) is 0 Å².